The first kappa shape index (κ1) is 12.2. The molecule has 0 aliphatic heterocycles. The molecule has 6 heteroatoms. The van der Waals surface area contributed by atoms with Crippen LogP contribution in [0.2, 0.25) is 0 Å². The highest BCUT2D eigenvalue weighted by atomic mass is 19.1. The molecule has 1 aromatic heterocycles. The summed E-state index contributed by atoms with van der Waals surface area (Å²) in [5.74, 6) is -1.51. The molecule has 0 radical (unpaired) electrons. The Bertz CT molecular complexity index is 442. The SMILES string of the molecule is CCNc1[nH]c(=O)c(F)cc1C(=O)OCC. The second-order valence-electron chi connectivity index (χ2n) is 2.99. The molecule has 5 nitrogen and oxygen atoms in total. The lowest BCUT2D eigenvalue weighted by Gasteiger charge is -2.09. The Morgan fingerprint density at radius 1 is 1.56 bits per heavy atom. The van der Waals surface area contributed by atoms with Crippen LogP contribution in [-0.2, 0) is 4.74 Å². The van der Waals surface area contributed by atoms with Crippen molar-refractivity contribution in [3.05, 3.63) is 27.8 Å². The fourth-order valence-corrected chi connectivity index (χ4v) is 1.19. The molecule has 16 heavy (non-hydrogen) atoms. The summed E-state index contributed by atoms with van der Waals surface area (Å²) in [7, 11) is 0. The van der Waals surface area contributed by atoms with E-state index in [1.54, 1.807) is 13.8 Å². The number of aromatic amines is 1. The van der Waals surface area contributed by atoms with Crippen LogP contribution in [0.1, 0.15) is 24.2 Å². The summed E-state index contributed by atoms with van der Waals surface area (Å²) in [6.45, 7) is 4.11. The van der Waals surface area contributed by atoms with E-state index in [9.17, 15) is 14.0 Å². The van der Waals surface area contributed by atoms with E-state index in [4.69, 9.17) is 4.74 Å². The number of pyridine rings is 1. The maximum Gasteiger partial charge on any atom is 0.341 e. The van der Waals surface area contributed by atoms with Gasteiger partial charge >= 0.3 is 5.97 Å². The quantitative estimate of drug-likeness (QED) is 0.757. The summed E-state index contributed by atoms with van der Waals surface area (Å²) in [6, 6.07) is 0.870. The van der Waals surface area contributed by atoms with Gasteiger partial charge in [0.25, 0.3) is 5.56 Å². The van der Waals surface area contributed by atoms with Gasteiger partial charge in [-0.2, -0.15) is 0 Å². The number of aromatic nitrogens is 1. The number of halogens is 1. The molecule has 0 saturated carbocycles. The van der Waals surface area contributed by atoms with E-state index in [1.165, 1.54) is 0 Å². The van der Waals surface area contributed by atoms with Gasteiger partial charge in [-0.05, 0) is 19.9 Å². The van der Waals surface area contributed by atoms with Crippen molar-refractivity contribution in [1.29, 1.82) is 0 Å². The predicted molar refractivity (Wildman–Crippen MR) is 57.1 cm³/mol. The predicted octanol–water partition coefficient (Wildman–Crippen LogP) is 1.12. The van der Waals surface area contributed by atoms with Crippen LogP contribution in [0.3, 0.4) is 0 Å². The highest BCUT2D eigenvalue weighted by Gasteiger charge is 2.15. The maximum atomic E-state index is 13.0. The Kier molecular flexibility index (Phi) is 4.04. The highest BCUT2D eigenvalue weighted by Crippen LogP contribution is 2.12. The Morgan fingerprint density at radius 2 is 2.25 bits per heavy atom. The third kappa shape index (κ3) is 2.59. The zero-order valence-electron chi connectivity index (χ0n) is 9.09. The van der Waals surface area contributed by atoms with Crippen molar-refractivity contribution >= 4 is 11.8 Å². The molecule has 88 valence electrons. The first-order chi connectivity index (χ1) is 7.60. The molecule has 1 aromatic rings. The molecule has 0 bridgehead atoms. The fraction of sp³-hybridized carbons (Fsp3) is 0.400. The molecule has 0 amide bonds. The summed E-state index contributed by atoms with van der Waals surface area (Å²) in [4.78, 5) is 24.7. The van der Waals surface area contributed by atoms with Crippen LogP contribution < -0.4 is 10.9 Å². The Morgan fingerprint density at radius 3 is 2.81 bits per heavy atom. The normalized spacial score (nSPS) is 9.94. The number of rotatable bonds is 4. The smallest absolute Gasteiger partial charge is 0.341 e. The standard InChI is InChI=1S/C10H13FN2O3/c1-3-12-8-6(10(15)16-4-2)5-7(11)9(14)13-8/h5H,3-4H2,1-2H3,(H2,12,13,14). The lowest BCUT2D eigenvalue weighted by Crippen LogP contribution is -2.19. The number of H-pyrrole nitrogens is 1. The van der Waals surface area contributed by atoms with Gasteiger partial charge in [-0.25, -0.2) is 9.18 Å². The number of anilines is 1. The topological polar surface area (TPSA) is 71.2 Å². The van der Waals surface area contributed by atoms with Crippen molar-refractivity contribution in [2.24, 2.45) is 0 Å². The number of nitrogens with one attached hydrogen (secondary N) is 2. The second-order valence-corrected chi connectivity index (χ2v) is 2.99. The monoisotopic (exact) mass is 228 g/mol. The first-order valence-corrected chi connectivity index (χ1v) is 4.94. The molecule has 0 unspecified atom stereocenters. The van der Waals surface area contributed by atoms with Gasteiger partial charge in [0.15, 0.2) is 5.82 Å². The molecular formula is C10H13FN2O3. The average Bonchev–Trinajstić information content (AvgIpc) is 2.23. The van der Waals surface area contributed by atoms with Gasteiger partial charge in [0, 0.05) is 6.54 Å². The Labute approximate surface area is 91.6 Å². The van der Waals surface area contributed by atoms with E-state index in [0.29, 0.717) is 6.54 Å². The minimum atomic E-state index is -1.01. The van der Waals surface area contributed by atoms with Crippen molar-refractivity contribution < 1.29 is 13.9 Å². The molecule has 0 atom stereocenters. The molecule has 0 fully saturated rings. The van der Waals surface area contributed by atoms with E-state index in [-0.39, 0.29) is 18.0 Å². The molecule has 2 N–H and O–H groups in total. The largest absolute Gasteiger partial charge is 0.462 e. The summed E-state index contributed by atoms with van der Waals surface area (Å²) in [6.07, 6.45) is 0. The third-order valence-electron chi connectivity index (χ3n) is 1.84. The van der Waals surface area contributed by atoms with E-state index in [1.807, 2.05) is 0 Å². The van der Waals surface area contributed by atoms with Gasteiger partial charge in [-0.15, -0.1) is 0 Å². The van der Waals surface area contributed by atoms with Crippen molar-refractivity contribution in [1.82, 2.24) is 4.98 Å². The number of esters is 1. The summed E-state index contributed by atoms with van der Waals surface area (Å²) >= 11 is 0. The van der Waals surface area contributed by atoms with E-state index < -0.39 is 17.3 Å². The number of ether oxygens (including phenoxy) is 1. The van der Waals surface area contributed by atoms with Gasteiger partial charge in [0.05, 0.1) is 6.61 Å². The third-order valence-corrected chi connectivity index (χ3v) is 1.84. The Hall–Kier alpha value is -1.85. The average molecular weight is 228 g/mol. The molecule has 1 heterocycles. The zero-order chi connectivity index (χ0) is 12.1. The van der Waals surface area contributed by atoms with Gasteiger partial charge in [-0.1, -0.05) is 0 Å². The van der Waals surface area contributed by atoms with Crippen LogP contribution in [0.4, 0.5) is 10.2 Å². The van der Waals surface area contributed by atoms with Crippen LogP contribution in [-0.4, -0.2) is 24.1 Å². The minimum absolute atomic E-state index is 0.0131. The molecule has 0 aliphatic rings. The molecule has 0 saturated heterocycles. The van der Waals surface area contributed by atoms with Gasteiger partial charge < -0.3 is 15.0 Å². The maximum absolute atomic E-state index is 13.0. The number of carbonyl (C=O) groups is 1. The van der Waals surface area contributed by atoms with Gasteiger partial charge in [0.2, 0.25) is 0 Å². The lowest BCUT2D eigenvalue weighted by molar-refractivity contribution is 0.0526. The van der Waals surface area contributed by atoms with Crippen molar-refractivity contribution in [3.8, 4) is 0 Å². The van der Waals surface area contributed by atoms with Gasteiger partial charge in [0.1, 0.15) is 11.4 Å². The molecule has 1 rings (SSSR count). The van der Waals surface area contributed by atoms with Crippen LogP contribution in [0, 0.1) is 5.82 Å². The number of carbonyl (C=O) groups excluding carboxylic acids is 1. The number of hydrogen-bond acceptors (Lipinski definition) is 4. The van der Waals surface area contributed by atoms with Gasteiger partial charge in [-0.3, -0.25) is 4.79 Å². The fourth-order valence-electron chi connectivity index (χ4n) is 1.19. The molecule has 0 aromatic carbocycles. The molecule has 0 spiro atoms. The van der Waals surface area contributed by atoms with Crippen molar-refractivity contribution in [3.63, 3.8) is 0 Å². The number of hydrogen-bond donors (Lipinski definition) is 2. The first-order valence-electron chi connectivity index (χ1n) is 4.94. The molecule has 0 aliphatic carbocycles. The zero-order valence-corrected chi connectivity index (χ0v) is 9.09. The van der Waals surface area contributed by atoms with E-state index in [2.05, 4.69) is 10.3 Å². The second kappa shape index (κ2) is 5.29. The lowest BCUT2D eigenvalue weighted by atomic mass is 10.2. The highest BCUT2D eigenvalue weighted by molar-refractivity contribution is 5.94. The summed E-state index contributed by atoms with van der Waals surface area (Å²) < 4.78 is 17.8. The van der Waals surface area contributed by atoms with Crippen LogP contribution >= 0.6 is 0 Å². The van der Waals surface area contributed by atoms with Crippen LogP contribution in [0.5, 0.6) is 0 Å². The summed E-state index contributed by atoms with van der Waals surface area (Å²) in [5, 5.41) is 2.76. The Balaban J connectivity index is 3.18. The molecular weight excluding hydrogens is 215 g/mol. The minimum Gasteiger partial charge on any atom is -0.462 e. The van der Waals surface area contributed by atoms with Crippen molar-refractivity contribution in [2.75, 3.05) is 18.5 Å². The van der Waals surface area contributed by atoms with E-state index >= 15 is 0 Å². The van der Waals surface area contributed by atoms with Crippen LogP contribution in [0.25, 0.3) is 0 Å². The van der Waals surface area contributed by atoms with Crippen LogP contribution in [0.15, 0.2) is 10.9 Å². The van der Waals surface area contributed by atoms with Crippen molar-refractivity contribution in [2.45, 2.75) is 13.8 Å². The summed E-state index contributed by atoms with van der Waals surface area (Å²) in [5.41, 5.74) is -0.884. The van der Waals surface area contributed by atoms with E-state index in [0.717, 1.165) is 6.07 Å².